The monoisotopic (exact) mass is 430 g/mol. The number of hydrogen-bond acceptors (Lipinski definition) is 5. The first kappa shape index (κ1) is 21.0. The minimum absolute atomic E-state index is 0.0503. The van der Waals surface area contributed by atoms with Crippen LogP contribution in [0.3, 0.4) is 0 Å². The molecular weight excluding hydrogens is 409 g/mol. The Bertz CT molecular complexity index is 1060. The number of likely N-dealkylation sites (tertiary alicyclic amines) is 1. The van der Waals surface area contributed by atoms with E-state index >= 15 is 0 Å². The Balaban J connectivity index is 1.40. The molecule has 1 aliphatic rings. The predicted molar refractivity (Wildman–Crippen MR) is 109 cm³/mol. The molecule has 1 saturated heterocycles. The summed E-state index contributed by atoms with van der Waals surface area (Å²) < 4.78 is 43.4. The Morgan fingerprint density at radius 1 is 1.10 bits per heavy atom. The van der Waals surface area contributed by atoms with Crippen molar-refractivity contribution in [3.63, 3.8) is 0 Å². The number of alkyl halides is 3. The van der Waals surface area contributed by atoms with Gasteiger partial charge in [-0.25, -0.2) is 9.97 Å². The molecule has 0 radical (unpaired) electrons. The van der Waals surface area contributed by atoms with Crippen LogP contribution in [0.1, 0.15) is 28.9 Å². The van der Waals surface area contributed by atoms with Crippen molar-refractivity contribution in [1.82, 2.24) is 20.2 Å². The fourth-order valence-corrected chi connectivity index (χ4v) is 3.45. The molecule has 0 aliphatic carbocycles. The molecule has 0 bridgehead atoms. The van der Waals surface area contributed by atoms with Crippen molar-refractivity contribution in [2.24, 2.45) is 0 Å². The largest absolute Gasteiger partial charge is 0.439 e. The first-order valence-electron chi connectivity index (χ1n) is 10.0. The smallest absolute Gasteiger partial charge is 0.417 e. The van der Waals surface area contributed by atoms with Crippen LogP contribution in [0.4, 0.5) is 13.2 Å². The number of fused-ring (bicyclic) bond motifs is 1. The quantitative estimate of drug-likeness (QED) is 0.633. The second-order valence-electron chi connectivity index (χ2n) is 7.34. The summed E-state index contributed by atoms with van der Waals surface area (Å²) in [6.45, 7) is 3.57. The number of carbonyl (C=O) groups is 1. The van der Waals surface area contributed by atoms with Crippen LogP contribution in [0, 0.1) is 0 Å². The number of nitrogens with one attached hydrogen (secondary N) is 1. The Morgan fingerprint density at radius 3 is 2.61 bits per heavy atom. The van der Waals surface area contributed by atoms with E-state index in [0.717, 1.165) is 37.3 Å². The van der Waals surface area contributed by atoms with Crippen molar-refractivity contribution < 1.29 is 22.7 Å². The maximum absolute atomic E-state index is 12.6. The average molecular weight is 430 g/mol. The number of rotatable bonds is 6. The molecule has 6 nitrogen and oxygen atoms in total. The van der Waals surface area contributed by atoms with E-state index in [9.17, 15) is 18.0 Å². The first-order valence-corrected chi connectivity index (χ1v) is 10.0. The van der Waals surface area contributed by atoms with E-state index in [1.54, 1.807) is 30.3 Å². The van der Waals surface area contributed by atoms with Crippen molar-refractivity contribution >= 4 is 16.8 Å². The number of pyridine rings is 2. The van der Waals surface area contributed by atoms with Gasteiger partial charge >= 0.3 is 6.18 Å². The molecule has 9 heteroatoms. The Labute approximate surface area is 177 Å². The number of hydrogen-bond donors (Lipinski definition) is 1. The predicted octanol–water partition coefficient (Wildman–Crippen LogP) is 4.27. The van der Waals surface area contributed by atoms with Gasteiger partial charge in [0.2, 0.25) is 5.88 Å². The average Bonchev–Trinajstić information content (AvgIpc) is 3.26. The lowest BCUT2D eigenvalue weighted by molar-refractivity contribution is -0.137. The summed E-state index contributed by atoms with van der Waals surface area (Å²) in [6.07, 6.45) is -1.30. The lowest BCUT2D eigenvalue weighted by Crippen LogP contribution is -2.33. The maximum atomic E-state index is 12.6. The summed E-state index contributed by atoms with van der Waals surface area (Å²) in [5.74, 6) is 0.231. The van der Waals surface area contributed by atoms with Gasteiger partial charge in [0.05, 0.1) is 11.1 Å². The molecule has 1 fully saturated rings. The fourth-order valence-electron chi connectivity index (χ4n) is 3.45. The van der Waals surface area contributed by atoms with E-state index in [2.05, 4.69) is 20.2 Å². The van der Waals surface area contributed by atoms with Crippen LogP contribution in [0.15, 0.2) is 48.7 Å². The number of amides is 1. The third-order valence-electron chi connectivity index (χ3n) is 5.09. The SMILES string of the molecule is O=C(NCCN1CCCC1)c1ccc2cc(Oc3ccc(C(F)(F)F)cn3)ccc2n1. The molecule has 162 valence electrons. The number of carbonyl (C=O) groups excluding carboxylic acids is 1. The van der Waals surface area contributed by atoms with E-state index in [4.69, 9.17) is 4.74 Å². The Morgan fingerprint density at radius 2 is 1.90 bits per heavy atom. The molecule has 3 aromatic rings. The van der Waals surface area contributed by atoms with Gasteiger partial charge in [-0.2, -0.15) is 13.2 Å². The number of halogens is 3. The zero-order valence-electron chi connectivity index (χ0n) is 16.7. The zero-order chi connectivity index (χ0) is 21.8. The summed E-state index contributed by atoms with van der Waals surface area (Å²) >= 11 is 0. The van der Waals surface area contributed by atoms with E-state index < -0.39 is 11.7 Å². The summed E-state index contributed by atoms with van der Waals surface area (Å²) in [6, 6.07) is 10.5. The number of aromatic nitrogens is 2. The highest BCUT2D eigenvalue weighted by atomic mass is 19.4. The lowest BCUT2D eigenvalue weighted by Gasteiger charge is -2.14. The highest BCUT2D eigenvalue weighted by molar-refractivity contribution is 5.95. The molecular formula is C22H21F3N4O2. The second-order valence-corrected chi connectivity index (χ2v) is 7.34. The number of nitrogens with zero attached hydrogens (tertiary/aromatic N) is 3. The normalized spacial score (nSPS) is 14.7. The topological polar surface area (TPSA) is 67.4 Å². The Kier molecular flexibility index (Phi) is 6.03. The van der Waals surface area contributed by atoms with Crippen LogP contribution < -0.4 is 10.1 Å². The molecule has 1 aliphatic heterocycles. The summed E-state index contributed by atoms with van der Waals surface area (Å²) in [7, 11) is 0. The van der Waals surface area contributed by atoms with Crippen LogP contribution in [-0.4, -0.2) is 47.0 Å². The molecule has 1 aromatic carbocycles. The van der Waals surface area contributed by atoms with Crippen molar-refractivity contribution in [2.45, 2.75) is 19.0 Å². The molecule has 0 saturated carbocycles. The molecule has 1 N–H and O–H groups in total. The first-order chi connectivity index (χ1) is 14.9. The van der Waals surface area contributed by atoms with Gasteiger partial charge < -0.3 is 15.0 Å². The maximum Gasteiger partial charge on any atom is 0.417 e. The molecule has 2 aromatic heterocycles. The molecule has 0 spiro atoms. The van der Waals surface area contributed by atoms with E-state index in [0.29, 0.717) is 23.5 Å². The summed E-state index contributed by atoms with van der Waals surface area (Å²) in [5, 5.41) is 3.63. The van der Waals surface area contributed by atoms with Gasteiger partial charge in [0, 0.05) is 30.7 Å². The number of ether oxygens (including phenoxy) is 1. The summed E-state index contributed by atoms with van der Waals surface area (Å²) in [5.41, 5.74) is 0.0979. The standard InChI is InChI=1S/C22H21F3N4O2/c23-22(24,25)16-4-8-20(27-14-16)31-17-5-7-18-15(13-17)3-6-19(28-18)21(30)26-9-12-29-10-1-2-11-29/h3-8,13-14H,1-2,9-12H2,(H,26,30). The van der Waals surface area contributed by atoms with Gasteiger partial charge in [-0.3, -0.25) is 4.79 Å². The number of benzene rings is 1. The van der Waals surface area contributed by atoms with Gasteiger partial charge in [-0.1, -0.05) is 6.07 Å². The van der Waals surface area contributed by atoms with E-state index in [-0.39, 0.29) is 11.8 Å². The third-order valence-corrected chi connectivity index (χ3v) is 5.09. The molecule has 0 atom stereocenters. The van der Waals surface area contributed by atoms with Gasteiger partial charge in [-0.15, -0.1) is 0 Å². The van der Waals surface area contributed by atoms with Crippen LogP contribution in [-0.2, 0) is 6.18 Å². The van der Waals surface area contributed by atoms with E-state index in [1.165, 1.54) is 18.9 Å². The Hall–Kier alpha value is -3.20. The van der Waals surface area contributed by atoms with Crippen LogP contribution >= 0.6 is 0 Å². The van der Waals surface area contributed by atoms with Crippen molar-refractivity contribution in [3.05, 3.63) is 59.9 Å². The molecule has 4 rings (SSSR count). The lowest BCUT2D eigenvalue weighted by atomic mass is 10.2. The van der Waals surface area contributed by atoms with Gasteiger partial charge in [0.1, 0.15) is 11.4 Å². The van der Waals surface area contributed by atoms with Gasteiger partial charge in [0.15, 0.2) is 0 Å². The van der Waals surface area contributed by atoms with Crippen molar-refractivity contribution in [2.75, 3.05) is 26.2 Å². The van der Waals surface area contributed by atoms with Crippen molar-refractivity contribution in [1.29, 1.82) is 0 Å². The van der Waals surface area contributed by atoms with Gasteiger partial charge in [-0.05, 0) is 56.3 Å². The highest BCUT2D eigenvalue weighted by Gasteiger charge is 2.30. The fraction of sp³-hybridized carbons (Fsp3) is 0.318. The van der Waals surface area contributed by atoms with Crippen LogP contribution in [0.5, 0.6) is 11.6 Å². The second kappa shape index (κ2) is 8.89. The highest BCUT2D eigenvalue weighted by Crippen LogP contribution is 2.30. The van der Waals surface area contributed by atoms with Crippen LogP contribution in [0.2, 0.25) is 0 Å². The molecule has 1 amide bonds. The zero-order valence-corrected chi connectivity index (χ0v) is 16.7. The molecule has 31 heavy (non-hydrogen) atoms. The third kappa shape index (κ3) is 5.29. The van der Waals surface area contributed by atoms with Gasteiger partial charge in [0.25, 0.3) is 5.91 Å². The van der Waals surface area contributed by atoms with E-state index in [1.807, 2.05) is 0 Å². The minimum Gasteiger partial charge on any atom is -0.439 e. The summed E-state index contributed by atoms with van der Waals surface area (Å²) in [4.78, 5) is 22.8. The van der Waals surface area contributed by atoms with Crippen LogP contribution in [0.25, 0.3) is 10.9 Å². The minimum atomic E-state index is -4.45. The van der Waals surface area contributed by atoms with Crippen molar-refractivity contribution in [3.8, 4) is 11.6 Å². The molecule has 3 heterocycles. The molecule has 0 unspecified atom stereocenters.